The van der Waals surface area contributed by atoms with E-state index >= 15 is 0 Å². The van der Waals surface area contributed by atoms with Crippen LogP contribution in [-0.4, -0.2) is 125 Å². The Morgan fingerprint density at radius 1 is 0.682 bits per heavy atom. The van der Waals surface area contributed by atoms with Crippen molar-refractivity contribution in [2.75, 3.05) is 6.54 Å². The lowest BCUT2D eigenvalue weighted by atomic mass is 9.96. The number of hydrogen-bond donors (Lipinski definition) is 11. The van der Waals surface area contributed by atoms with E-state index in [-0.39, 0.29) is 24.7 Å². The van der Waals surface area contributed by atoms with Gasteiger partial charge in [0.15, 0.2) is 5.96 Å². The zero-order valence-electron chi connectivity index (χ0n) is 40.3. The number of carbonyl (C=O) groups excluding carboxylic acids is 8. The van der Waals surface area contributed by atoms with E-state index in [0.29, 0.717) is 25.8 Å². The van der Waals surface area contributed by atoms with Gasteiger partial charge in [0.05, 0.1) is 25.0 Å². The highest BCUT2D eigenvalue weighted by atomic mass is 16.5. The smallest absolute Gasteiger partial charge is 0.328 e. The van der Waals surface area contributed by atoms with E-state index in [0.717, 1.165) is 44.9 Å². The fourth-order valence-corrected chi connectivity index (χ4v) is 7.38. The molecular weight excluding hydrogens is 857 g/mol. The number of amides is 7. The van der Waals surface area contributed by atoms with Crippen LogP contribution in [0.2, 0.25) is 0 Å². The lowest BCUT2D eigenvalue weighted by Gasteiger charge is -2.30. The molecule has 21 heteroatoms. The summed E-state index contributed by atoms with van der Waals surface area (Å²) in [7, 11) is 0. The third-order valence-electron chi connectivity index (χ3n) is 11.5. The largest absolute Gasteiger partial charge is 0.458 e. The Kier molecular flexibility index (Phi) is 28.4. The number of rotatable bonds is 25. The molecule has 10 atom stereocenters. The van der Waals surface area contributed by atoms with Gasteiger partial charge in [-0.3, -0.25) is 38.6 Å². The molecule has 0 aliphatic carbocycles. The number of ether oxygens (including phenoxy) is 1. The molecule has 0 saturated carbocycles. The molecule has 14 N–H and O–H groups in total. The fourth-order valence-electron chi connectivity index (χ4n) is 7.38. The van der Waals surface area contributed by atoms with E-state index < -0.39 is 114 Å². The van der Waals surface area contributed by atoms with Crippen molar-refractivity contribution in [3.8, 4) is 0 Å². The first-order chi connectivity index (χ1) is 31.1. The van der Waals surface area contributed by atoms with Crippen LogP contribution in [0.25, 0.3) is 0 Å². The topological polar surface area (TPSA) is 349 Å². The first kappa shape index (κ1) is 59.0. The molecule has 0 bridgehead atoms. The molecule has 1 rings (SSSR count). The van der Waals surface area contributed by atoms with Gasteiger partial charge in [-0.25, -0.2) is 4.79 Å². The molecule has 1 aliphatic rings. The normalized spacial score (nSPS) is 24.1. The average molecular weight is 939 g/mol. The van der Waals surface area contributed by atoms with Crippen molar-refractivity contribution in [1.29, 1.82) is 0 Å². The molecule has 0 radical (unpaired) electrons. The lowest BCUT2D eigenvalue weighted by molar-refractivity contribution is -0.155. The molecule has 1 aliphatic heterocycles. The first-order valence-corrected chi connectivity index (χ1v) is 23.8. The third kappa shape index (κ3) is 23.9. The van der Waals surface area contributed by atoms with E-state index in [1.165, 1.54) is 46.5 Å². The van der Waals surface area contributed by atoms with Gasteiger partial charge < -0.3 is 64.1 Å². The number of nitrogens with zero attached hydrogens (tertiary/aromatic N) is 1. The number of carbonyl (C=O) groups is 8. The monoisotopic (exact) mass is 939 g/mol. The Morgan fingerprint density at radius 2 is 1.18 bits per heavy atom. The number of cyclic esters (lactones) is 1. The summed E-state index contributed by atoms with van der Waals surface area (Å²) in [4.78, 5) is 111. The second-order valence-electron chi connectivity index (χ2n) is 18.1. The maximum atomic E-state index is 14.1. The van der Waals surface area contributed by atoms with E-state index in [9.17, 15) is 48.6 Å². The Morgan fingerprint density at radius 3 is 1.70 bits per heavy atom. The Hall–Kier alpha value is -5.05. The van der Waals surface area contributed by atoms with E-state index in [2.05, 4.69) is 36.9 Å². The van der Waals surface area contributed by atoms with Crippen molar-refractivity contribution in [2.24, 2.45) is 34.0 Å². The first-order valence-electron chi connectivity index (χ1n) is 23.8. The maximum absolute atomic E-state index is 14.1. The summed E-state index contributed by atoms with van der Waals surface area (Å²) in [5, 5.41) is 36.2. The second kappa shape index (κ2) is 31.8. The minimum atomic E-state index is -1.68. The Bertz CT molecular complexity index is 1590. The van der Waals surface area contributed by atoms with Crippen LogP contribution in [0.3, 0.4) is 0 Å². The predicted octanol–water partition coefficient (Wildman–Crippen LogP) is 0.304. The molecule has 1 saturated heterocycles. The van der Waals surface area contributed by atoms with Crippen LogP contribution in [0.5, 0.6) is 0 Å². The molecular formula is C45H82N10O11. The molecule has 378 valence electrons. The summed E-state index contributed by atoms with van der Waals surface area (Å²) < 4.78 is 5.57. The molecule has 0 aromatic carbocycles. The summed E-state index contributed by atoms with van der Waals surface area (Å²) in [6, 6.07) is -8.94. The summed E-state index contributed by atoms with van der Waals surface area (Å²) in [6.07, 6.45) is 8.45. The molecule has 7 amide bonds. The number of aliphatic hydroxyl groups excluding tert-OH is 2. The number of aliphatic hydroxyl groups is 2. The van der Waals surface area contributed by atoms with Gasteiger partial charge in [0.25, 0.3) is 0 Å². The second-order valence-corrected chi connectivity index (χ2v) is 18.1. The fraction of sp³-hybridized carbons (Fsp3) is 0.800. The highest BCUT2D eigenvalue weighted by Gasteiger charge is 2.38. The molecule has 0 aromatic rings. The summed E-state index contributed by atoms with van der Waals surface area (Å²) in [6.45, 7) is 11.5. The maximum Gasteiger partial charge on any atom is 0.328 e. The van der Waals surface area contributed by atoms with Crippen molar-refractivity contribution >= 4 is 53.3 Å². The molecule has 21 nitrogen and oxygen atoms in total. The minimum Gasteiger partial charge on any atom is -0.458 e. The van der Waals surface area contributed by atoms with Gasteiger partial charge in [-0.05, 0) is 51.9 Å². The SMILES string of the molecule is CC[C@H](C)[C@@H]1NC(=O)[C@@H](CC(C)C)NC(=O)[C@@H](NC(=O)CC(O)CCCCCCCCCCCCCCN=C(N)N)[C@@H](C)OC(=O)[C@@H](C)NC(=O)[C@@H](CC(N)=O)NC(=O)[C@@H]([C@@H](C)O)NC1=O. The standard InChI is InChI=1S/C45H82N10O11/c1-8-27(4)36-41(62)55-37(29(6)56)42(63)52-33(25-34(46)58)39(60)50-28(5)44(65)66-30(7)38(43(64)51-32(23-26(2)3)40(61)54-36)53-35(59)24-31(57)21-19-17-15-13-11-9-10-12-14-16-18-20-22-49-45(47)48/h26-33,36-38,56-57H,8-25H2,1-7H3,(H2,46,58)(H,50,60)(H,51,64)(H,52,63)(H,53,59)(H,54,61)(H,55,62)(H4,47,48,49)/t27-,28+,29+,30+,31?,32+,33+,36-,37+,38-/m0/s1. The zero-order chi connectivity index (χ0) is 49.9. The van der Waals surface area contributed by atoms with Crippen LogP contribution in [0.15, 0.2) is 4.99 Å². The van der Waals surface area contributed by atoms with Gasteiger partial charge in [-0.2, -0.15) is 0 Å². The van der Waals surface area contributed by atoms with Crippen molar-refractivity contribution < 1.29 is 53.3 Å². The molecule has 0 aromatic heterocycles. The Balaban J connectivity index is 3.17. The zero-order valence-corrected chi connectivity index (χ0v) is 40.3. The van der Waals surface area contributed by atoms with Crippen molar-refractivity contribution in [3.63, 3.8) is 0 Å². The third-order valence-corrected chi connectivity index (χ3v) is 11.5. The molecule has 1 heterocycles. The van der Waals surface area contributed by atoms with Crippen molar-refractivity contribution in [1.82, 2.24) is 31.9 Å². The van der Waals surface area contributed by atoms with Gasteiger partial charge in [0, 0.05) is 6.54 Å². The molecule has 1 unspecified atom stereocenters. The number of esters is 1. The van der Waals surface area contributed by atoms with Gasteiger partial charge in [0.1, 0.15) is 42.4 Å². The van der Waals surface area contributed by atoms with Crippen LogP contribution >= 0.6 is 0 Å². The van der Waals surface area contributed by atoms with Crippen LogP contribution < -0.4 is 49.1 Å². The van der Waals surface area contributed by atoms with Gasteiger partial charge in [0.2, 0.25) is 41.4 Å². The predicted molar refractivity (Wildman–Crippen MR) is 249 cm³/mol. The summed E-state index contributed by atoms with van der Waals surface area (Å²) in [5.41, 5.74) is 16.0. The number of nitrogens with two attached hydrogens (primary N) is 3. The minimum absolute atomic E-state index is 0.0760. The highest BCUT2D eigenvalue weighted by Crippen LogP contribution is 2.16. The van der Waals surface area contributed by atoms with Crippen LogP contribution in [0.4, 0.5) is 0 Å². The van der Waals surface area contributed by atoms with E-state index in [1.54, 1.807) is 27.7 Å². The average Bonchev–Trinajstić information content (AvgIpc) is 3.22. The molecule has 0 spiro atoms. The highest BCUT2D eigenvalue weighted by molar-refractivity contribution is 5.98. The van der Waals surface area contributed by atoms with Crippen LogP contribution in [0, 0.1) is 11.8 Å². The quantitative estimate of drug-likeness (QED) is 0.0254. The van der Waals surface area contributed by atoms with Gasteiger partial charge in [-0.15, -0.1) is 0 Å². The lowest BCUT2D eigenvalue weighted by Crippen LogP contribution is -2.62. The Labute approximate surface area is 390 Å². The number of unbranched alkanes of at least 4 members (excludes halogenated alkanes) is 11. The van der Waals surface area contributed by atoms with Crippen LogP contribution in [-0.2, 0) is 43.1 Å². The summed E-state index contributed by atoms with van der Waals surface area (Å²) in [5.74, 6) is -8.03. The van der Waals surface area contributed by atoms with E-state index in [4.69, 9.17) is 21.9 Å². The van der Waals surface area contributed by atoms with E-state index in [1.807, 2.05) is 0 Å². The molecule has 66 heavy (non-hydrogen) atoms. The van der Waals surface area contributed by atoms with Crippen LogP contribution in [0.1, 0.15) is 158 Å². The number of primary amides is 1. The van der Waals surface area contributed by atoms with Gasteiger partial charge in [-0.1, -0.05) is 105 Å². The van der Waals surface area contributed by atoms with Gasteiger partial charge >= 0.3 is 5.97 Å². The number of guanidine groups is 1. The molecule has 1 fully saturated rings. The van der Waals surface area contributed by atoms with Crippen molar-refractivity contribution in [3.05, 3.63) is 0 Å². The summed E-state index contributed by atoms with van der Waals surface area (Å²) >= 11 is 0. The number of aliphatic imine (C=N–C) groups is 1. The number of nitrogens with one attached hydrogen (secondary N) is 6. The van der Waals surface area contributed by atoms with Crippen molar-refractivity contribution in [2.45, 2.75) is 212 Å². The number of hydrogen-bond acceptors (Lipinski definition) is 12.